The average Bonchev–Trinajstić information content (AvgIpc) is 3.65. The van der Waals surface area contributed by atoms with Crippen molar-refractivity contribution in [3.05, 3.63) is 188 Å². The van der Waals surface area contributed by atoms with E-state index in [1.54, 1.807) is 5.56 Å². The summed E-state index contributed by atoms with van der Waals surface area (Å²) >= 11 is 1.88. The van der Waals surface area contributed by atoms with Gasteiger partial charge in [-0.3, -0.25) is 0 Å². The third-order valence-electron chi connectivity index (χ3n) is 14.0. The molecule has 13 rings (SSSR count). The molecule has 0 saturated heterocycles. The zero-order valence-electron chi connectivity index (χ0n) is 32.7. The molecule has 4 aliphatic carbocycles. The number of hydrogen-bond acceptors (Lipinski definition) is 2. The number of thiophene rings is 1. The number of hydrogen-bond donors (Lipinski definition) is 0. The molecule has 9 aromatic rings. The highest BCUT2D eigenvalue weighted by atomic mass is 32.1. The predicted octanol–water partition coefficient (Wildman–Crippen LogP) is 16.1. The molecule has 0 radical (unpaired) electrons. The SMILES string of the molecule is c1ccc(-c2cccc3cccc(-c4ccc(N(c5ccc(-c6ccc7sc8ccccc8c7c6)cc5)c5ccc(C67CC8CC(CC(C8)C6)C7)cc5)cc4)c23)cc1. The van der Waals surface area contributed by atoms with Crippen molar-refractivity contribution < 1.29 is 0 Å². The van der Waals surface area contributed by atoms with E-state index in [-0.39, 0.29) is 0 Å². The van der Waals surface area contributed by atoms with Gasteiger partial charge in [0.25, 0.3) is 0 Å². The van der Waals surface area contributed by atoms with Gasteiger partial charge in [-0.25, -0.2) is 0 Å². The average molecular weight is 764 g/mol. The van der Waals surface area contributed by atoms with E-state index in [4.69, 9.17) is 0 Å². The van der Waals surface area contributed by atoms with E-state index in [1.807, 2.05) is 11.3 Å². The van der Waals surface area contributed by atoms with Crippen LogP contribution in [0.15, 0.2) is 182 Å². The van der Waals surface area contributed by atoms with Gasteiger partial charge in [-0.2, -0.15) is 0 Å². The fourth-order valence-corrected chi connectivity index (χ4v) is 12.9. The van der Waals surface area contributed by atoms with Gasteiger partial charge in [-0.1, -0.05) is 127 Å². The van der Waals surface area contributed by atoms with Crippen LogP contribution in [-0.4, -0.2) is 0 Å². The van der Waals surface area contributed by atoms with E-state index < -0.39 is 0 Å². The van der Waals surface area contributed by atoms with E-state index in [2.05, 4.69) is 187 Å². The molecule has 280 valence electrons. The fraction of sp³-hybridized carbons (Fsp3) is 0.179. The maximum Gasteiger partial charge on any atom is 0.0462 e. The fourth-order valence-electron chi connectivity index (χ4n) is 11.8. The summed E-state index contributed by atoms with van der Waals surface area (Å²) in [6.45, 7) is 0. The Kier molecular flexibility index (Phi) is 7.98. The van der Waals surface area contributed by atoms with Crippen molar-refractivity contribution in [1.82, 2.24) is 0 Å². The molecule has 8 aromatic carbocycles. The molecule has 4 saturated carbocycles. The largest absolute Gasteiger partial charge is 0.311 e. The van der Waals surface area contributed by atoms with Crippen molar-refractivity contribution in [3.63, 3.8) is 0 Å². The molecular formula is C56H45NS. The summed E-state index contributed by atoms with van der Waals surface area (Å²) in [4.78, 5) is 2.45. The van der Waals surface area contributed by atoms with Crippen molar-refractivity contribution in [2.45, 2.75) is 43.9 Å². The van der Waals surface area contributed by atoms with E-state index in [0.717, 1.165) is 29.1 Å². The molecule has 4 fully saturated rings. The van der Waals surface area contributed by atoms with Crippen LogP contribution >= 0.6 is 11.3 Å². The Bertz CT molecular complexity index is 2920. The summed E-state index contributed by atoms with van der Waals surface area (Å²) in [5.74, 6) is 2.80. The number of anilines is 3. The van der Waals surface area contributed by atoms with Crippen LogP contribution in [0.5, 0.6) is 0 Å². The Morgan fingerprint density at radius 2 is 0.931 bits per heavy atom. The van der Waals surface area contributed by atoms with Crippen molar-refractivity contribution in [1.29, 1.82) is 0 Å². The molecule has 58 heavy (non-hydrogen) atoms. The second kappa shape index (κ2) is 13.6. The number of fused-ring (bicyclic) bond motifs is 4. The molecule has 0 N–H and O–H groups in total. The van der Waals surface area contributed by atoms with Gasteiger partial charge in [0.05, 0.1) is 0 Å². The molecule has 0 unspecified atom stereocenters. The summed E-state index contributed by atoms with van der Waals surface area (Å²) < 4.78 is 2.69. The Morgan fingerprint density at radius 1 is 0.414 bits per heavy atom. The van der Waals surface area contributed by atoms with Crippen LogP contribution < -0.4 is 4.90 Å². The maximum absolute atomic E-state index is 2.49. The highest BCUT2D eigenvalue weighted by molar-refractivity contribution is 7.25. The number of benzene rings is 8. The number of nitrogens with zero attached hydrogens (tertiary/aromatic N) is 1. The molecule has 1 heterocycles. The van der Waals surface area contributed by atoms with Gasteiger partial charge in [0.1, 0.15) is 0 Å². The second-order valence-electron chi connectivity index (χ2n) is 17.6. The van der Waals surface area contributed by atoms with Gasteiger partial charge < -0.3 is 4.90 Å². The third kappa shape index (κ3) is 5.72. The van der Waals surface area contributed by atoms with Gasteiger partial charge in [-0.05, 0) is 166 Å². The number of rotatable bonds is 7. The van der Waals surface area contributed by atoms with Gasteiger partial charge >= 0.3 is 0 Å². The Balaban J connectivity index is 0.932. The molecule has 1 aromatic heterocycles. The highest BCUT2D eigenvalue weighted by Gasteiger charge is 2.51. The lowest BCUT2D eigenvalue weighted by atomic mass is 9.48. The standard InChI is InChI=1S/C56H45NS/c1-2-8-41(9-3-1)49-13-6-10-43-11-7-14-50(55(43)49)42-18-25-47(26-19-42)57(48-27-21-45(22-28-48)56-34-37-30-38(35-56)32-39(31-37)36-56)46-23-16-40(17-24-46)44-20-29-54-52(33-44)51-12-4-5-15-53(51)58-54/h1-29,33,37-39H,30-32,34-36H2. The molecule has 0 atom stereocenters. The molecule has 0 amide bonds. The molecule has 1 nitrogen and oxygen atoms in total. The summed E-state index contributed by atoms with van der Waals surface area (Å²) in [5.41, 5.74) is 13.0. The van der Waals surface area contributed by atoms with Crippen LogP contribution in [-0.2, 0) is 5.41 Å². The summed E-state index contributed by atoms with van der Waals surface area (Å²) in [5, 5.41) is 5.23. The van der Waals surface area contributed by atoms with Crippen LogP contribution in [0.25, 0.3) is 64.3 Å². The second-order valence-corrected chi connectivity index (χ2v) is 18.6. The van der Waals surface area contributed by atoms with Crippen LogP contribution in [0, 0.1) is 17.8 Å². The molecule has 4 bridgehead atoms. The molecule has 4 aliphatic rings. The van der Waals surface area contributed by atoms with Crippen LogP contribution in [0.3, 0.4) is 0 Å². The van der Waals surface area contributed by atoms with E-state index >= 15 is 0 Å². The lowest BCUT2D eigenvalue weighted by molar-refractivity contribution is -0.00518. The third-order valence-corrected chi connectivity index (χ3v) is 15.2. The summed E-state index contributed by atoms with van der Waals surface area (Å²) in [7, 11) is 0. The van der Waals surface area contributed by atoms with Gasteiger partial charge in [-0.15, -0.1) is 11.3 Å². The van der Waals surface area contributed by atoms with Crippen LogP contribution in [0.2, 0.25) is 0 Å². The summed E-state index contributed by atoms with van der Waals surface area (Å²) in [6, 6.07) is 68.2. The first-order valence-electron chi connectivity index (χ1n) is 21.2. The molecule has 0 spiro atoms. The highest BCUT2D eigenvalue weighted by Crippen LogP contribution is 2.61. The Labute approximate surface area is 345 Å². The predicted molar refractivity (Wildman–Crippen MR) is 248 cm³/mol. The summed E-state index contributed by atoms with van der Waals surface area (Å²) in [6.07, 6.45) is 8.58. The smallest absolute Gasteiger partial charge is 0.0462 e. The van der Waals surface area contributed by atoms with Crippen LogP contribution in [0.4, 0.5) is 17.1 Å². The Morgan fingerprint density at radius 3 is 1.57 bits per heavy atom. The minimum Gasteiger partial charge on any atom is -0.311 e. The van der Waals surface area contributed by atoms with Crippen molar-refractivity contribution in [2.24, 2.45) is 17.8 Å². The van der Waals surface area contributed by atoms with E-state index in [1.165, 1.54) is 109 Å². The minimum absolute atomic E-state index is 0.382. The maximum atomic E-state index is 2.49. The first kappa shape index (κ1) is 34.1. The topological polar surface area (TPSA) is 3.24 Å². The quantitative estimate of drug-likeness (QED) is 0.156. The first-order chi connectivity index (χ1) is 28.6. The van der Waals surface area contributed by atoms with Crippen molar-refractivity contribution >= 4 is 59.3 Å². The lowest BCUT2D eigenvalue weighted by Gasteiger charge is -2.57. The zero-order valence-corrected chi connectivity index (χ0v) is 33.5. The molecule has 0 aliphatic heterocycles. The monoisotopic (exact) mass is 763 g/mol. The van der Waals surface area contributed by atoms with Crippen molar-refractivity contribution in [3.8, 4) is 33.4 Å². The van der Waals surface area contributed by atoms with Gasteiger partial charge in [0.15, 0.2) is 0 Å². The van der Waals surface area contributed by atoms with Crippen molar-refractivity contribution in [2.75, 3.05) is 4.90 Å². The Hall–Kier alpha value is -5.96. The normalized spacial score (nSPS) is 20.9. The van der Waals surface area contributed by atoms with Gasteiger partial charge in [0, 0.05) is 37.2 Å². The molecule has 2 heteroatoms. The minimum atomic E-state index is 0.382. The lowest BCUT2D eigenvalue weighted by Crippen LogP contribution is -2.48. The van der Waals surface area contributed by atoms with E-state index in [0.29, 0.717) is 5.41 Å². The zero-order chi connectivity index (χ0) is 38.2. The molecular weight excluding hydrogens is 719 g/mol. The van der Waals surface area contributed by atoms with Crippen LogP contribution in [0.1, 0.15) is 44.1 Å². The van der Waals surface area contributed by atoms with E-state index in [9.17, 15) is 0 Å². The van der Waals surface area contributed by atoms with Gasteiger partial charge in [0.2, 0.25) is 0 Å². The first-order valence-corrected chi connectivity index (χ1v) is 22.1.